The second-order valence-corrected chi connectivity index (χ2v) is 5.11. The van der Waals surface area contributed by atoms with E-state index >= 15 is 0 Å². The van der Waals surface area contributed by atoms with Crippen LogP contribution >= 0.6 is 12.2 Å². The van der Waals surface area contributed by atoms with Crippen LogP contribution in [0, 0.1) is 5.92 Å². The first kappa shape index (κ1) is 13.0. The molecule has 1 heterocycles. The lowest BCUT2D eigenvalue weighted by Crippen LogP contribution is -2.48. The zero-order chi connectivity index (χ0) is 13.0. The number of amides is 1. The lowest BCUT2D eigenvalue weighted by Gasteiger charge is -2.29. The van der Waals surface area contributed by atoms with Crippen molar-refractivity contribution in [3.63, 3.8) is 0 Å². The lowest BCUT2D eigenvalue weighted by molar-refractivity contribution is 0.0922. The summed E-state index contributed by atoms with van der Waals surface area (Å²) in [5, 5.41) is 6.46. The van der Waals surface area contributed by atoms with E-state index in [1.165, 1.54) is 31.6 Å². The Labute approximate surface area is 111 Å². The van der Waals surface area contributed by atoms with E-state index in [2.05, 4.69) is 15.0 Å². The van der Waals surface area contributed by atoms with Crippen molar-refractivity contribution >= 4 is 23.1 Å². The van der Waals surface area contributed by atoms with E-state index in [4.69, 9.17) is 18.0 Å². The number of rotatable bonds is 4. The maximum absolute atomic E-state index is 11.9. The highest BCUT2D eigenvalue weighted by molar-refractivity contribution is 7.80. The summed E-state index contributed by atoms with van der Waals surface area (Å²) in [7, 11) is 0. The highest BCUT2D eigenvalue weighted by atomic mass is 32.1. The third-order valence-corrected chi connectivity index (χ3v) is 3.64. The van der Waals surface area contributed by atoms with E-state index in [1.807, 2.05) is 0 Å². The van der Waals surface area contributed by atoms with Gasteiger partial charge in [0.1, 0.15) is 6.26 Å². The molecule has 3 N–H and O–H groups in total. The van der Waals surface area contributed by atoms with Gasteiger partial charge in [-0.05, 0) is 18.8 Å². The fourth-order valence-electron chi connectivity index (χ4n) is 2.43. The maximum atomic E-state index is 11.9. The Morgan fingerprint density at radius 1 is 1.50 bits per heavy atom. The van der Waals surface area contributed by atoms with Gasteiger partial charge in [-0.3, -0.25) is 4.79 Å². The Hall–Kier alpha value is -1.43. The van der Waals surface area contributed by atoms with E-state index in [0.29, 0.717) is 10.9 Å². The molecule has 0 bridgehead atoms. The number of nitrogens with one attached hydrogen (secondary N) is 1. The number of nitrogens with two attached hydrogens (primary N) is 1. The normalized spacial score (nSPS) is 18.2. The van der Waals surface area contributed by atoms with Crippen molar-refractivity contribution < 1.29 is 9.32 Å². The van der Waals surface area contributed by atoms with Crippen LogP contribution in [0.3, 0.4) is 0 Å². The van der Waals surface area contributed by atoms with Gasteiger partial charge in [0.25, 0.3) is 5.91 Å². The third kappa shape index (κ3) is 3.07. The van der Waals surface area contributed by atoms with Crippen molar-refractivity contribution in [2.24, 2.45) is 11.7 Å². The van der Waals surface area contributed by atoms with E-state index in [-0.39, 0.29) is 17.6 Å². The quantitative estimate of drug-likeness (QED) is 0.810. The molecule has 0 aromatic carbocycles. The largest absolute Gasteiger partial charge is 0.392 e. The van der Waals surface area contributed by atoms with Crippen LogP contribution in [0.15, 0.2) is 16.9 Å². The first-order chi connectivity index (χ1) is 8.68. The van der Waals surface area contributed by atoms with Gasteiger partial charge in [0.05, 0.1) is 11.0 Å². The van der Waals surface area contributed by atoms with E-state index < -0.39 is 0 Å². The average molecular weight is 267 g/mol. The van der Waals surface area contributed by atoms with Crippen LogP contribution in [0.1, 0.15) is 42.6 Å². The van der Waals surface area contributed by atoms with Gasteiger partial charge in [0, 0.05) is 6.07 Å². The topological polar surface area (TPSA) is 81.1 Å². The number of hydrogen-bond donors (Lipinski definition) is 2. The number of carbonyl (C=O) groups excluding carboxylic acids is 1. The second kappa shape index (κ2) is 5.95. The highest BCUT2D eigenvalue weighted by Crippen LogP contribution is 2.26. The molecule has 1 amide bonds. The molecule has 18 heavy (non-hydrogen) atoms. The molecule has 98 valence electrons. The predicted molar refractivity (Wildman–Crippen MR) is 71.1 cm³/mol. The lowest BCUT2D eigenvalue weighted by atomic mass is 9.84. The summed E-state index contributed by atoms with van der Waals surface area (Å²) in [6.07, 6.45) is 7.07. The molecule has 0 spiro atoms. The zero-order valence-electron chi connectivity index (χ0n) is 10.1. The Morgan fingerprint density at radius 2 is 2.22 bits per heavy atom. The number of thiocarbonyl (C=S) groups is 1. The fraction of sp³-hybridized carbons (Fsp3) is 0.583. The van der Waals surface area contributed by atoms with Gasteiger partial charge in [-0.2, -0.15) is 0 Å². The summed E-state index contributed by atoms with van der Waals surface area (Å²) >= 11 is 5.06. The Kier molecular flexibility index (Phi) is 4.30. The van der Waals surface area contributed by atoms with Crippen molar-refractivity contribution in [3.8, 4) is 0 Å². The standard InChI is InChI=1S/C12H17N3O2S/c13-11(18)10(8-4-2-1-3-5-8)14-12(16)9-6-7-17-15-9/h6-8,10H,1-5H2,(H2,13,18)(H,14,16). The molecule has 1 aliphatic carbocycles. The SMILES string of the molecule is NC(=S)C(NC(=O)c1ccon1)C1CCCCC1. The van der Waals surface area contributed by atoms with Crippen LogP contribution < -0.4 is 11.1 Å². The molecule has 0 radical (unpaired) electrons. The second-order valence-electron chi connectivity index (χ2n) is 4.64. The molecular weight excluding hydrogens is 250 g/mol. The predicted octanol–water partition coefficient (Wildman–Crippen LogP) is 1.64. The molecule has 1 aromatic rings. The van der Waals surface area contributed by atoms with Gasteiger partial charge in [0.15, 0.2) is 5.69 Å². The molecule has 1 atom stereocenters. The zero-order valence-corrected chi connectivity index (χ0v) is 10.9. The van der Waals surface area contributed by atoms with Crippen molar-refractivity contribution in [3.05, 3.63) is 18.0 Å². The van der Waals surface area contributed by atoms with Crippen molar-refractivity contribution in [1.82, 2.24) is 10.5 Å². The van der Waals surface area contributed by atoms with Crippen LogP contribution in [0.25, 0.3) is 0 Å². The molecule has 1 unspecified atom stereocenters. The van der Waals surface area contributed by atoms with Gasteiger partial charge < -0.3 is 15.6 Å². The number of aromatic nitrogens is 1. The fourth-order valence-corrected chi connectivity index (χ4v) is 2.69. The third-order valence-electron chi connectivity index (χ3n) is 3.38. The van der Waals surface area contributed by atoms with Crippen molar-refractivity contribution in [2.45, 2.75) is 38.1 Å². The average Bonchev–Trinajstić information content (AvgIpc) is 2.90. The summed E-state index contributed by atoms with van der Waals surface area (Å²) in [4.78, 5) is 12.3. The maximum Gasteiger partial charge on any atom is 0.274 e. The Balaban J connectivity index is 2.02. The Bertz CT molecular complexity index is 413. The summed E-state index contributed by atoms with van der Waals surface area (Å²) in [5.41, 5.74) is 6.00. The molecule has 1 aromatic heterocycles. The van der Waals surface area contributed by atoms with E-state index in [1.54, 1.807) is 0 Å². The van der Waals surface area contributed by atoms with Gasteiger partial charge in [-0.25, -0.2) is 0 Å². The monoisotopic (exact) mass is 267 g/mol. The molecule has 1 saturated carbocycles. The van der Waals surface area contributed by atoms with Crippen LogP contribution in [-0.2, 0) is 0 Å². The highest BCUT2D eigenvalue weighted by Gasteiger charge is 2.28. The first-order valence-electron chi connectivity index (χ1n) is 6.19. The van der Waals surface area contributed by atoms with Crippen LogP contribution in [0.4, 0.5) is 0 Å². The van der Waals surface area contributed by atoms with E-state index in [0.717, 1.165) is 12.8 Å². The van der Waals surface area contributed by atoms with Crippen molar-refractivity contribution in [1.29, 1.82) is 0 Å². The number of nitrogens with zero attached hydrogens (tertiary/aromatic N) is 1. The van der Waals surface area contributed by atoms with Gasteiger partial charge >= 0.3 is 0 Å². The summed E-state index contributed by atoms with van der Waals surface area (Å²) < 4.78 is 4.65. The van der Waals surface area contributed by atoms with Crippen LogP contribution in [0.2, 0.25) is 0 Å². The molecule has 1 fully saturated rings. The van der Waals surface area contributed by atoms with E-state index in [9.17, 15) is 4.79 Å². The summed E-state index contributed by atoms with van der Waals surface area (Å²) in [6.45, 7) is 0. The first-order valence-corrected chi connectivity index (χ1v) is 6.60. The molecule has 1 aliphatic rings. The molecule has 6 heteroatoms. The van der Waals surface area contributed by atoms with Crippen molar-refractivity contribution in [2.75, 3.05) is 0 Å². The molecule has 5 nitrogen and oxygen atoms in total. The minimum absolute atomic E-state index is 0.246. The minimum atomic E-state index is -0.285. The van der Waals surface area contributed by atoms with Gasteiger partial charge in [0.2, 0.25) is 0 Å². The van der Waals surface area contributed by atoms with Gasteiger partial charge in [-0.1, -0.05) is 36.6 Å². The molecule has 0 saturated heterocycles. The summed E-state index contributed by atoms with van der Waals surface area (Å²) in [5.74, 6) is 0.0548. The molecular formula is C12H17N3O2S. The minimum Gasteiger partial charge on any atom is -0.392 e. The number of carbonyl (C=O) groups is 1. The molecule has 0 aliphatic heterocycles. The molecule has 2 rings (SSSR count). The van der Waals surface area contributed by atoms with Crippen LogP contribution in [-0.4, -0.2) is 22.1 Å². The van der Waals surface area contributed by atoms with Crippen LogP contribution in [0.5, 0.6) is 0 Å². The summed E-state index contributed by atoms with van der Waals surface area (Å²) in [6, 6.07) is 1.27. The van der Waals surface area contributed by atoms with Gasteiger partial charge in [-0.15, -0.1) is 0 Å². The smallest absolute Gasteiger partial charge is 0.274 e. The Morgan fingerprint density at radius 3 is 2.78 bits per heavy atom. The number of hydrogen-bond acceptors (Lipinski definition) is 4.